The molecule has 0 saturated heterocycles. The van der Waals surface area contributed by atoms with Crippen molar-refractivity contribution in [2.45, 2.75) is 19.8 Å². The molecule has 1 N–H and O–H groups in total. The Bertz CT molecular complexity index is 1090. The molecular weight excluding hydrogens is 370 g/mol. The average Bonchev–Trinajstić information content (AvgIpc) is 3.32. The Morgan fingerprint density at radius 1 is 1.07 bits per heavy atom. The molecule has 0 unspecified atom stereocenters. The van der Waals surface area contributed by atoms with Crippen molar-refractivity contribution in [3.63, 3.8) is 0 Å². The van der Waals surface area contributed by atoms with E-state index in [4.69, 9.17) is 0 Å². The fraction of sp³-hybridized carbons (Fsp3) is 0.190. The van der Waals surface area contributed by atoms with Crippen LogP contribution < -0.4 is 5.32 Å². The predicted molar refractivity (Wildman–Crippen MR) is 106 cm³/mol. The lowest BCUT2D eigenvalue weighted by atomic mass is 10.1. The van der Waals surface area contributed by atoms with E-state index in [9.17, 15) is 14.4 Å². The number of imide groups is 1. The molecule has 3 heterocycles. The Hall–Kier alpha value is -3.81. The number of carbonyl (C=O) groups excluding carboxylic acids is 3. The monoisotopic (exact) mass is 389 g/mol. The molecule has 0 atom stereocenters. The summed E-state index contributed by atoms with van der Waals surface area (Å²) in [6.45, 7) is 2.07. The van der Waals surface area contributed by atoms with Crippen LogP contribution in [0.2, 0.25) is 0 Å². The molecule has 29 heavy (non-hydrogen) atoms. The van der Waals surface area contributed by atoms with Gasteiger partial charge in [0.2, 0.25) is 5.91 Å². The molecule has 2 aromatic heterocycles. The number of aromatic nitrogens is 3. The van der Waals surface area contributed by atoms with Crippen LogP contribution in [0.4, 0.5) is 5.69 Å². The van der Waals surface area contributed by atoms with Crippen molar-refractivity contribution in [2.24, 2.45) is 0 Å². The van der Waals surface area contributed by atoms with Crippen molar-refractivity contribution in [1.82, 2.24) is 19.7 Å². The summed E-state index contributed by atoms with van der Waals surface area (Å²) in [7, 11) is 0. The highest BCUT2D eigenvalue weighted by Gasteiger charge is 2.34. The van der Waals surface area contributed by atoms with Gasteiger partial charge < -0.3 is 5.32 Å². The Kier molecular flexibility index (Phi) is 4.90. The van der Waals surface area contributed by atoms with Crippen LogP contribution in [0.3, 0.4) is 0 Å². The van der Waals surface area contributed by atoms with Gasteiger partial charge in [-0.1, -0.05) is 11.6 Å². The molecule has 8 heteroatoms. The molecule has 0 spiro atoms. The summed E-state index contributed by atoms with van der Waals surface area (Å²) < 4.78 is 1.57. The zero-order valence-electron chi connectivity index (χ0n) is 15.8. The third-order valence-electron chi connectivity index (χ3n) is 4.69. The molecule has 8 nitrogen and oxygen atoms in total. The van der Waals surface area contributed by atoms with E-state index in [0.717, 1.165) is 5.56 Å². The fourth-order valence-corrected chi connectivity index (χ4v) is 3.29. The van der Waals surface area contributed by atoms with Crippen LogP contribution in [0.25, 0.3) is 5.82 Å². The first-order valence-electron chi connectivity index (χ1n) is 9.26. The van der Waals surface area contributed by atoms with Gasteiger partial charge in [0.05, 0.1) is 16.8 Å². The number of rotatable bonds is 6. The van der Waals surface area contributed by atoms with Gasteiger partial charge in [-0.2, -0.15) is 5.10 Å². The lowest BCUT2D eigenvalue weighted by Crippen LogP contribution is -2.31. The van der Waals surface area contributed by atoms with Gasteiger partial charge >= 0.3 is 0 Å². The standard InChI is InChI=1S/C21H19N5O3/c1-14-7-8-15-16(13-14)21(29)25(20(15)28)11-3-6-18(27)24-17-5-2-9-22-19(17)26-12-4-10-23-26/h2,4-5,7-10,12-13H,3,6,11H2,1H3,(H,24,27). The smallest absolute Gasteiger partial charge is 0.261 e. The highest BCUT2D eigenvalue weighted by molar-refractivity contribution is 6.21. The maximum absolute atomic E-state index is 12.5. The summed E-state index contributed by atoms with van der Waals surface area (Å²) in [5.41, 5.74) is 2.32. The van der Waals surface area contributed by atoms with Crippen LogP contribution in [-0.4, -0.2) is 43.9 Å². The molecule has 1 aromatic carbocycles. The third kappa shape index (κ3) is 3.64. The number of anilines is 1. The lowest BCUT2D eigenvalue weighted by molar-refractivity contribution is -0.116. The SMILES string of the molecule is Cc1ccc2c(c1)C(=O)N(CCCC(=O)Nc1cccnc1-n1cccn1)C2=O. The number of hydrogen-bond donors (Lipinski definition) is 1. The Balaban J connectivity index is 1.36. The Morgan fingerprint density at radius 3 is 2.69 bits per heavy atom. The molecule has 4 rings (SSSR count). The molecule has 1 aliphatic rings. The van der Waals surface area contributed by atoms with E-state index in [-0.39, 0.29) is 30.7 Å². The minimum atomic E-state index is -0.307. The minimum absolute atomic E-state index is 0.167. The van der Waals surface area contributed by atoms with E-state index in [1.54, 1.807) is 53.6 Å². The molecule has 1 aliphatic heterocycles. The van der Waals surface area contributed by atoms with E-state index in [2.05, 4.69) is 15.4 Å². The van der Waals surface area contributed by atoms with Crippen molar-refractivity contribution in [1.29, 1.82) is 0 Å². The number of nitrogens with one attached hydrogen (secondary N) is 1. The lowest BCUT2D eigenvalue weighted by Gasteiger charge is -2.14. The largest absolute Gasteiger partial charge is 0.323 e. The third-order valence-corrected chi connectivity index (χ3v) is 4.69. The number of carbonyl (C=O) groups is 3. The Labute approximate surface area is 167 Å². The Morgan fingerprint density at radius 2 is 1.90 bits per heavy atom. The van der Waals surface area contributed by atoms with Gasteiger partial charge in [-0.3, -0.25) is 19.3 Å². The molecule has 0 radical (unpaired) electrons. The summed E-state index contributed by atoms with van der Waals surface area (Å²) in [5, 5.41) is 6.95. The van der Waals surface area contributed by atoms with Crippen LogP contribution in [0.5, 0.6) is 0 Å². The minimum Gasteiger partial charge on any atom is -0.323 e. The van der Waals surface area contributed by atoms with Gasteiger partial charge in [0, 0.05) is 31.6 Å². The number of pyridine rings is 1. The molecule has 3 aromatic rings. The second-order valence-corrected chi connectivity index (χ2v) is 6.79. The first-order valence-corrected chi connectivity index (χ1v) is 9.26. The van der Waals surface area contributed by atoms with E-state index in [0.29, 0.717) is 29.1 Å². The summed E-state index contributed by atoms with van der Waals surface area (Å²) >= 11 is 0. The van der Waals surface area contributed by atoms with E-state index >= 15 is 0 Å². The number of hydrogen-bond acceptors (Lipinski definition) is 5. The van der Waals surface area contributed by atoms with Gasteiger partial charge in [-0.15, -0.1) is 0 Å². The van der Waals surface area contributed by atoms with Crippen LogP contribution >= 0.6 is 0 Å². The van der Waals surface area contributed by atoms with Crippen molar-refractivity contribution in [3.05, 3.63) is 71.7 Å². The zero-order valence-corrected chi connectivity index (χ0v) is 15.8. The molecule has 0 bridgehead atoms. The number of benzene rings is 1. The predicted octanol–water partition coefficient (Wildman–Crippen LogP) is 2.59. The summed E-state index contributed by atoms with van der Waals surface area (Å²) in [4.78, 5) is 42.8. The first kappa shape index (κ1) is 18.5. The molecule has 0 aliphatic carbocycles. The topological polar surface area (TPSA) is 97.2 Å². The number of amides is 3. The fourth-order valence-electron chi connectivity index (χ4n) is 3.29. The molecule has 0 saturated carbocycles. The second-order valence-electron chi connectivity index (χ2n) is 6.79. The van der Waals surface area contributed by atoms with E-state index in [1.807, 2.05) is 13.0 Å². The summed E-state index contributed by atoms with van der Waals surface area (Å²) in [5.74, 6) is -0.318. The van der Waals surface area contributed by atoms with Crippen molar-refractivity contribution in [3.8, 4) is 5.82 Å². The average molecular weight is 389 g/mol. The van der Waals surface area contributed by atoms with Crippen LogP contribution in [0, 0.1) is 6.92 Å². The van der Waals surface area contributed by atoms with Crippen molar-refractivity contribution < 1.29 is 14.4 Å². The molecule has 3 amide bonds. The van der Waals surface area contributed by atoms with Gasteiger partial charge in [0.15, 0.2) is 5.82 Å². The normalized spacial score (nSPS) is 12.9. The maximum atomic E-state index is 12.5. The molecular formula is C21H19N5O3. The first-order chi connectivity index (χ1) is 14.0. The highest BCUT2D eigenvalue weighted by Crippen LogP contribution is 2.24. The summed E-state index contributed by atoms with van der Waals surface area (Å²) in [6, 6.07) is 10.5. The molecule has 0 fully saturated rings. The van der Waals surface area contributed by atoms with Crippen molar-refractivity contribution in [2.75, 3.05) is 11.9 Å². The number of fused-ring (bicyclic) bond motifs is 1. The van der Waals surface area contributed by atoms with Crippen molar-refractivity contribution >= 4 is 23.4 Å². The maximum Gasteiger partial charge on any atom is 0.261 e. The summed E-state index contributed by atoms with van der Waals surface area (Å²) in [6.07, 6.45) is 5.52. The van der Waals surface area contributed by atoms with E-state index < -0.39 is 0 Å². The number of aryl methyl sites for hydroxylation is 1. The van der Waals surface area contributed by atoms with Gasteiger partial charge in [0.1, 0.15) is 0 Å². The van der Waals surface area contributed by atoms with Crippen LogP contribution in [-0.2, 0) is 4.79 Å². The van der Waals surface area contributed by atoms with E-state index in [1.165, 1.54) is 4.90 Å². The van der Waals surface area contributed by atoms with Gasteiger partial charge in [-0.05, 0) is 43.7 Å². The van der Waals surface area contributed by atoms with Crippen LogP contribution in [0.1, 0.15) is 39.1 Å². The second kappa shape index (κ2) is 7.67. The van der Waals surface area contributed by atoms with Gasteiger partial charge in [-0.25, -0.2) is 9.67 Å². The number of nitrogens with zero attached hydrogens (tertiary/aromatic N) is 4. The highest BCUT2D eigenvalue weighted by atomic mass is 16.2. The quantitative estimate of drug-likeness (QED) is 0.654. The zero-order chi connectivity index (χ0) is 20.4. The van der Waals surface area contributed by atoms with Gasteiger partial charge in [0.25, 0.3) is 11.8 Å². The van der Waals surface area contributed by atoms with Crippen LogP contribution in [0.15, 0.2) is 55.0 Å². The molecule has 146 valence electrons.